The molecule has 0 bridgehead atoms. The first-order valence-corrected chi connectivity index (χ1v) is 9.82. The lowest BCUT2D eigenvalue weighted by Crippen LogP contribution is -2.48. The Balaban J connectivity index is 1.35. The summed E-state index contributed by atoms with van der Waals surface area (Å²) in [6, 6.07) is 17.5. The van der Waals surface area contributed by atoms with Crippen LogP contribution >= 0.6 is 0 Å². The Morgan fingerprint density at radius 2 is 1.61 bits per heavy atom. The molecule has 2 aromatic carbocycles. The third kappa shape index (κ3) is 5.33. The molecule has 1 aliphatic heterocycles. The number of nitrogens with zero attached hydrogens (tertiary/aromatic N) is 2. The van der Waals surface area contributed by atoms with Crippen LogP contribution in [0.4, 0.5) is 5.69 Å². The van der Waals surface area contributed by atoms with Gasteiger partial charge in [-0.05, 0) is 36.2 Å². The standard InChI is InChI=1S/C22H28N4O2/c23-17-18-8-10-19(11-9-18)22(28)24-12-4-7-21(27)26-15-13-25(14-16-26)20-5-2-1-3-6-20/h1-3,5-6,8-11H,4,7,12-17,23H2,(H,24,28). The van der Waals surface area contributed by atoms with Crippen LogP contribution in [0.5, 0.6) is 0 Å². The van der Waals surface area contributed by atoms with Gasteiger partial charge in [0.2, 0.25) is 5.91 Å². The lowest BCUT2D eigenvalue weighted by atomic mass is 10.1. The molecule has 0 unspecified atom stereocenters. The van der Waals surface area contributed by atoms with Gasteiger partial charge in [-0.15, -0.1) is 0 Å². The van der Waals surface area contributed by atoms with Gasteiger partial charge in [0.25, 0.3) is 5.91 Å². The Morgan fingerprint density at radius 1 is 0.929 bits per heavy atom. The Morgan fingerprint density at radius 3 is 2.25 bits per heavy atom. The largest absolute Gasteiger partial charge is 0.368 e. The third-order valence-corrected chi connectivity index (χ3v) is 5.06. The van der Waals surface area contributed by atoms with Gasteiger partial charge >= 0.3 is 0 Å². The van der Waals surface area contributed by atoms with E-state index in [1.165, 1.54) is 5.69 Å². The second-order valence-corrected chi connectivity index (χ2v) is 6.96. The molecular formula is C22H28N4O2. The minimum Gasteiger partial charge on any atom is -0.368 e. The van der Waals surface area contributed by atoms with Crippen LogP contribution in [0.15, 0.2) is 54.6 Å². The van der Waals surface area contributed by atoms with Crippen molar-refractivity contribution in [2.75, 3.05) is 37.6 Å². The van der Waals surface area contributed by atoms with Gasteiger partial charge in [0, 0.05) is 56.9 Å². The number of piperazine rings is 1. The fourth-order valence-electron chi connectivity index (χ4n) is 3.35. The highest BCUT2D eigenvalue weighted by Gasteiger charge is 2.20. The van der Waals surface area contributed by atoms with Crippen molar-refractivity contribution in [3.05, 3.63) is 65.7 Å². The van der Waals surface area contributed by atoms with Crippen molar-refractivity contribution in [1.82, 2.24) is 10.2 Å². The van der Waals surface area contributed by atoms with Crippen LogP contribution in [-0.4, -0.2) is 49.4 Å². The highest BCUT2D eigenvalue weighted by Crippen LogP contribution is 2.16. The van der Waals surface area contributed by atoms with E-state index in [1.54, 1.807) is 12.1 Å². The molecule has 28 heavy (non-hydrogen) atoms. The summed E-state index contributed by atoms with van der Waals surface area (Å²) in [6.07, 6.45) is 1.10. The van der Waals surface area contributed by atoms with E-state index in [4.69, 9.17) is 5.73 Å². The number of benzene rings is 2. The molecule has 0 saturated carbocycles. The Hall–Kier alpha value is -2.86. The minimum absolute atomic E-state index is 0.118. The quantitative estimate of drug-likeness (QED) is 0.720. The second kappa shape index (κ2) is 9.90. The van der Waals surface area contributed by atoms with Crippen molar-refractivity contribution < 1.29 is 9.59 Å². The van der Waals surface area contributed by atoms with Gasteiger partial charge < -0.3 is 20.9 Å². The molecule has 1 saturated heterocycles. The molecule has 3 N–H and O–H groups in total. The van der Waals surface area contributed by atoms with Crippen molar-refractivity contribution in [2.24, 2.45) is 5.73 Å². The zero-order valence-electron chi connectivity index (χ0n) is 16.1. The number of hydrogen-bond donors (Lipinski definition) is 2. The average molecular weight is 380 g/mol. The van der Waals surface area contributed by atoms with Gasteiger partial charge in [-0.25, -0.2) is 0 Å². The topological polar surface area (TPSA) is 78.7 Å². The maximum atomic E-state index is 12.4. The van der Waals surface area contributed by atoms with Crippen LogP contribution in [0.1, 0.15) is 28.8 Å². The van der Waals surface area contributed by atoms with E-state index in [-0.39, 0.29) is 11.8 Å². The van der Waals surface area contributed by atoms with Gasteiger partial charge in [0.15, 0.2) is 0 Å². The van der Waals surface area contributed by atoms with Gasteiger partial charge in [-0.1, -0.05) is 30.3 Å². The molecule has 0 aliphatic carbocycles. The molecule has 2 aromatic rings. The number of rotatable bonds is 7. The zero-order chi connectivity index (χ0) is 19.8. The average Bonchev–Trinajstić information content (AvgIpc) is 2.77. The molecule has 3 rings (SSSR count). The number of anilines is 1. The third-order valence-electron chi connectivity index (χ3n) is 5.06. The van der Waals surface area contributed by atoms with Crippen LogP contribution in [0.3, 0.4) is 0 Å². The van der Waals surface area contributed by atoms with Crippen molar-refractivity contribution in [2.45, 2.75) is 19.4 Å². The number of amides is 2. The van der Waals surface area contributed by atoms with Gasteiger partial charge in [0.1, 0.15) is 0 Å². The second-order valence-electron chi connectivity index (χ2n) is 6.96. The van der Waals surface area contributed by atoms with Crippen molar-refractivity contribution in [3.8, 4) is 0 Å². The number of carbonyl (C=O) groups excluding carboxylic acids is 2. The lowest BCUT2D eigenvalue weighted by Gasteiger charge is -2.36. The summed E-state index contributed by atoms with van der Waals surface area (Å²) >= 11 is 0. The van der Waals surface area contributed by atoms with Crippen molar-refractivity contribution in [1.29, 1.82) is 0 Å². The fraction of sp³-hybridized carbons (Fsp3) is 0.364. The number of para-hydroxylation sites is 1. The molecule has 0 aromatic heterocycles. The molecule has 6 heteroatoms. The highest BCUT2D eigenvalue weighted by molar-refractivity contribution is 5.94. The number of nitrogens with two attached hydrogens (primary N) is 1. The van der Waals surface area contributed by atoms with Crippen LogP contribution in [0.2, 0.25) is 0 Å². The van der Waals surface area contributed by atoms with E-state index in [0.717, 1.165) is 31.7 Å². The van der Waals surface area contributed by atoms with Crippen LogP contribution in [-0.2, 0) is 11.3 Å². The minimum atomic E-state index is -0.118. The molecule has 6 nitrogen and oxygen atoms in total. The van der Waals surface area contributed by atoms with Gasteiger partial charge in [-0.3, -0.25) is 9.59 Å². The number of hydrogen-bond acceptors (Lipinski definition) is 4. The normalized spacial score (nSPS) is 14.0. The molecule has 0 atom stereocenters. The summed E-state index contributed by atoms with van der Waals surface area (Å²) in [5.74, 6) is 0.0433. The first-order chi connectivity index (χ1) is 13.7. The maximum absolute atomic E-state index is 12.4. The SMILES string of the molecule is NCc1ccc(C(=O)NCCCC(=O)N2CCN(c3ccccc3)CC2)cc1. The smallest absolute Gasteiger partial charge is 0.251 e. The fourth-order valence-corrected chi connectivity index (χ4v) is 3.35. The monoisotopic (exact) mass is 380 g/mol. The maximum Gasteiger partial charge on any atom is 0.251 e. The van der Waals surface area contributed by atoms with E-state index in [9.17, 15) is 9.59 Å². The first kappa shape index (κ1) is 19.9. The molecule has 0 spiro atoms. The molecule has 1 aliphatic rings. The summed E-state index contributed by atoms with van der Waals surface area (Å²) < 4.78 is 0. The Labute approximate surface area is 166 Å². The molecule has 2 amide bonds. The predicted octanol–water partition coefficient (Wildman–Crippen LogP) is 2.00. The summed E-state index contributed by atoms with van der Waals surface area (Å²) in [4.78, 5) is 28.8. The number of carbonyl (C=O) groups is 2. The lowest BCUT2D eigenvalue weighted by molar-refractivity contribution is -0.131. The zero-order valence-corrected chi connectivity index (χ0v) is 16.1. The summed E-state index contributed by atoms with van der Waals surface area (Å²) in [5, 5.41) is 2.87. The van der Waals surface area contributed by atoms with Gasteiger partial charge in [0.05, 0.1) is 0 Å². The van der Waals surface area contributed by atoms with Crippen molar-refractivity contribution in [3.63, 3.8) is 0 Å². The van der Waals surface area contributed by atoms with E-state index in [0.29, 0.717) is 31.5 Å². The molecule has 1 fully saturated rings. The van der Waals surface area contributed by atoms with Crippen LogP contribution < -0.4 is 16.0 Å². The molecule has 0 radical (unpaired) electrons. The van der Waals surface area contributed by atoms with E-state index in [2.05, 4.69) is 22.3 Å². The Bertz CT molecular complexity index is 769. The molecule has 1 heterocycles. The molecular weight excluding hydrogens is 352 g/mol. The van der Waals surface area contributed by atoms with Crippen LogP contribution in [0, 0.1) is 0 Å². The van der Waals surface area contributed by atoms with Gasteiger partial charge in [-0.2, -0.15) is 0 Å². The summed E-state index contributed by atoms with van der Waals surface area (Å²) in [7, 11) is 0. The van der Waals surface area contributed by atoms with Crippen LogP contribution in [0.25, 0.3) is 0 Å². The molecule has 148 valence electrons. The Kier molecular flexibility index (Phi) is 7.03. The van der Waals surface area contributed by atoms with Crippen molar-refractivity contribution >= 4 is 17.5 Å². The summed E-state index contributed by atoms with van der Waals surface area (Å²) in [6.45, 7) is 4.15. The first-order valence-electron chi connectivity index (χ1n) is 9.82. The highest BCUT2D eigenvalue weighted by atomic mass is 16.2. The van der Waals surface area contributed by atoms with E-state index >= 15 is 0 Å². The predicted molar refractivity (Wildman–Crippen MR) is 111 cm³/mol. The van der Waals surface area contributed by atoms with E-state index in [1.807, 2.05) is 35.2 Å². The van der Waals surface area contributed by atoms with E-state index < -0.39 is 0 Å². The summed E-state index contributed by atoms with van der Waals surface area (Å²) in [5.41, 5.74) is 8.37. The number of nitrogens with one attached hydrogen (secondary N) is 1.